The minimum absolute atomic E-state index is 0.687. The van der Waals surface area contributed by atoms with E-state index in [-0.39, 0.29) is 0 Å². The smallest absolute Gasteiger partial charge is 0.119 e. The molecule has 4 heteroatoms. The van der Waals surface area contributed by atoms with Crippen molar-refractivity contribution in [2.24, 2.45) is 0 Å². The zero-order chi connectivity index (χ0) is 14.5. The molecule has 1 aromatic carbocycles. The van der Waals surface area contributed by atoms with Crippen LogP contribution in [0.25, 0.3) is 5.69 Å². The van der Waals surface area contributed by atoms with Gasteiger partial charge in [-0.3, -0.25) is 0 Å². The van der Waals surface area contributed by atoms with Gasteiger partial charge in [0.15, 0.2) is 0 Å². The average molecular weight is 273 g/mol. The van der Waals surface area contributed by atoms with Gasteiger partial charge in [-0.2, -0.15) is 5.10 Å². The zero-order valence-corrected chi connectivity index (χ0v) is 12.7. The molecule has 4 nitrogen and oxygen atoms in total. The third kappa shape index (κ3) is 3.02. The van der Waals surface area contributed by atoms with Crippen LogP contribution in [0.3, 0.4) is 0 Å². The zero-order valence-electron chi connectivity index (χ0n) is 12.7. The largest absolute Gasteiger partial charge is 0.494 e. The summed E-state index contributed by atoms with van der Waals surface area (Å²) < 4.78 is 7.47. The van der Waals surface area contributed by atoms with Crippen LogP contribution in [0.4, 0.5) is 0 Å². The second-order valence-corrected chi connectivity index (χ2v) is 4.77. The molecule has 0 amide bonds. The lowest BCUT2D eigenvalue weighted by molar-refractivity contribution is 0.340. The molecule has 0 unspecified atom stereocenters. The molecule has 0 bridgehead atoms. The third-order valence-electron chi connectivity index (χ3n) is 3.39. The van der Waals surface area contributed by atoms with Crippen LogP contribution in [-0.4, -0.2) is 22.9 Å². The first-order valence-corrected chi connectivity index (χ1v) is 7.16. The van der Waals surface area contributed by atoms with E-state index in [4.69, 9.17) is 4.74 Å². The highest BCUT2D eigenvalue weighted by Gasteiger charge is 2.12. The molecule has 1 heterocycles. The molecular weight excluding hydrogens is 250 g/mol. The van der Waals surface area contributed by atoms with E-state index in [1.807, 2.05) is 35.9 Å². The van der Waals surface area contributed by atoms with Crippen molar-refractivity contribution < 1.29 is 4.74 Å². The maximum absolute atomic E-state index is 5.47. The van der Waals surface area contributed by atoms with Gasteiger partial charge in [0.2, 0.25) is 0 Å². The summed E-state index contributed by atoms with van der Waals surface area (Å²) in [6, 6.07) is 8.06. The predicted molar refractivity (Wildman–Crippen MR) is 81.6 cm³/mol. The summed E-state index contributed by atoms with van der Waals surface area (Å²) >= 11 is 0. The normalized spacial score (nSPS) is 10.8. The third-order valence-corrected chi connectivity index (χ3v) is 3.39. The molecule has 108 valence electrons. The van der Waals surface area contributed by atoms with E-state index in [2.05, 4.69) is 31.2 Å². The van der Waals surface area contributed by atoms with Crippen LogP contribution in [0.1, 0.15) is 30.8 Å². The van der Waals surface area contributed by atoms with Gasteiger partial charge in [-0.1, -0.05) is 6.92 Å². The van der Waals surface area contributed by atoms with Gasteiger partial charge in [-0.25, -0.2) is 4.68 Å². The quantitative estimate of drug-likeness (QED) is 0.879. The van der Waals surface area contributed by atoms with E-state index in [1.54, 1.807) is 0 Å². The van der Waals surface area contributed by atoms with Crippen molar-refractivity contribution in [3.8, 4) is 11.4 Å². The first kappa shape index (κ1) is 14.6. The Morgan fingerprint density at radius 2 is 1.85 bits per heavy atom. The van der Waals surface area contributed by atoms with Gasteiger partial charge in [-0.05, 0) is 51.6 Å². The van der Waals surface area contributed by atoms with Gasteiger partial charge in [0.25, 0.3) is 0 Å². The molecule has 0 saturated carbocycles. The minimum Gasteiger partial charge on any atom is -0.494 e. The van der Waals surface area contributed by atoms with E-state index < -0.39 is 0 Å². The van der Waals surface area contributed by atoms with Gasteiger partial charge in [-0.15, -0.1) is 0 Å². The van der Waals surface area contributed by atoms with Crippen molar-refractivity contribution in [3.05, 3.63) is 41.2 Å². The number of ether oxygens (including phenoxy) is 1. The first-order chi connectivity index (χ1) is 9.67. The Balaban J connectivity index is 2.28. The molecule has 0 aliphatic carbocycles. The maximum Gasteiger partial charge on any atom is 0.119 e. The van der Waals surface area contributed by atoms with Gasteiger partial charge >= 0.3 is 0 Å². The second-order valence-electron chi connectivity index (χ2n) is 4.77. The first-order valence-electron chi connectivity index (χ1n) is 7.16. The van der Waals surface area contributed by atoms with Crippen LogP contribution in [-0.2, 0) is 6.54 Å². The summed E-state index contributed by atoms with van der Waals surface area (Å²) in [4.78, 5) is 0. The highest BCUT2D eigenvalue weighted by Crippen LogP contribution is 2.20. The van der Waals surface area contributed by atoms with Gasteiger partial charge in [0, 0.05) is 17.8 Å². The summed E-state index contributed by atoms with van der Waals surface area (Å²) in [5, 5.41) is 8.01. The summed E-state index contributed by atoms with van der Waals surface area (Å²) in [6.07, 6.45) is 0. The summed E-state index contributed by atoms with van der Waals surface area (Å²) in [6.45, 7) is 10.8. The fourth-order valence-electron chi connectivity index (χ4n) is 2.28. The molecule has 0 spiro atoms. The number of nitrogens with zero attached hydrogens (tertiary/aromatic N) is 2. The second kappa shape index (κ2) is 6.57. The lowest BCUT2D eigenvalue weighted by Gasteiger charge is -2.07. The van der Waals surface area contributed by atoms with Gasteiger partial charge in [0.05, 0.1) is 18.0 Å². The van der Waals surface area contributed by atoms with Crippen molar-refractivity contribution in [2.75, 3.05) is 13.2 Å². The molecule has 20 heavy (non-hydrogen) atoms. The van der Waals surface area contributed by atoms with Crippen LogP contribution in [0.5, 0.6) is 5.75 Å². The molecule has 0 aliphatic rings. The van der Waals surface area contributed by atoms with Crippen molar-refractivity contribution >= 4 is 0 Å². The standard InChI is InChI=1S/C16H23N3O/c1-5-17-11-16-12(3)18-19(13(16)4)14-7-9-15(10-8-14)20-6-2/h7-10,17H,5-6,11H2,1-4H3. The molecule has 1 aromatic heterocycles. The van der Waals surface area contributed by atoms with Crippen LogP contribution in [0, 0.1) is 13.8 Å². The van der Waals surface area contributed by atoms with Crippen LogP contribution >= 0.6 is 0 Å². The van der Waals surface area contributed by atoms with Crippen molar-refractivity contribution in [1.29, 1.82) is 0 Å². The molecule has 0 saturated heterocycles. The lowest BCUT2D eigenvalue weighted by atomic mass is 10.2. The molecule has 2 aromatic rings. The minimum atomic E-state index is 0.687. The van der Waals surface area contributed by atoms with E-state index in [0.717, 1.165) is 30.2 Å². The Morgan fingerprint density at radius 3 is 2.45 bits per heavy atom. The van der Waals surface area contributed by atoms with Crippen LogP contribution < -0.4 is 10.1 Å². The Kier molecular flexibility index (Phi) is 4.79. The van der Waals surface area contributed by atoms with Gasteiger partial charge < -0.3 is 10.1 Å². The van der Waals surface area contributed by atoms with Gasteiger partial charge in [0.1, 0.15) is 5.75 Å². The Bertz CT molecular complexity index is 558. The number of aromatic nitrogens is 2. The number of rotatable bonds is 6. The molecule has 0 aliphatic heterocycles. The molecule has 2 rings (SSSR count). The predicted octanol–water partition coefficient (Wildman–Crippen LogP) is 3.00. The maximum atomic E-state index is 5.47. The Hall–Kier alpha value is -1.81. The number of benzene rings is 1. The highest BCUT2D eigenvalue weighted by molar-refractivity contribution is 5.40. The van der Waals surface area contributed by atoms with Crippen molar-refractivity contribution in [3.63, 3.8) is 0 Å². The summed E-state index contributed by atoms with van der Waals surface area (Å²) in [7, 11) is 0. The average Bonchev–Trinajstić information content (AvgIpc) is 2.73. The molecule has 0 fully saturated rings. The molecule has 0 radical (unpaired) electrons. The lowest BCUT2D eigenvalue weighted by Crippen LogP contribution is -2.13. The number of aryl methyl sites for hydroxylation is 1. The topological polar surface area (TPSA) is 39.1 Å². The number of nitrogens with one attached hydrogen (secondary N) is 1. The Labute approximate surface area is 120 Å². The fraction of sp³-hybridized carbons (Fsp3) is 0.438. The number of hydrogen-bond acceptors (Lipinski definition) is 3. The number of hydrogen-bond donors (Lipinski definition) is 1. The van der Waals surface area contributed by atoms with E-state index in [1.165, 1.54) is 11.3 Å². The highest BCUT2D eigenvalue weighted by atomic mass is 16.5. The van der Waals surface area contributed by atoms with Crippen molar-refractivity contribution in [2.45, 2.75) is 34.2 Å². The van der Waals surface area contributed by atoms with Crippen LogP contribution in [0.15, 0.2) is 24.3 Å². The molecular formula is C16H23N3O. The Morgan fingerprint density at radius 1 is 1.15 bits per heavy atom. The monoisotopic (exact) mass is 273 g/mol. The fourth-order valence-corrected chi connectivity index (χ4v) is 2.28. The summed E-state index contributed by atoms with van der Waals surface area (Å²) in [5.41, 5.74) is 4.61. The van der Waals surface area contributed by atoms with Crippen molar-refractivity contribution in [1.82, 2.24) is 15.1 Å². The van der Waals surface area contributed by atoms with E-state index >= 15 is 0 Å². The van der Waals surface area contributed by atoms with Crippen LogP contribution in [0.2, 0.25) is 0 Å². The molecule has 1 N–H and O–H groups in total. The van der Waals surface area contributed by atoms with E-state index in [9.17, 15) is 0 Å². The van der Waals surface area contributed by atoms with E-state index in [0.29, 0.717) is 6.61 Å². The molecule has 0 atom stereocenters. The SMILES string of the molecule is CCNCc1c(C)nn(-c2ccc(OCC)cc2)c1C. The summed E-state index contributed by atoms with van der Waals surface area (Å²) in [5.74, 6) is 0.894.